The maximum absolute atomic E-state index is 11.8. The molecular formula is C14H19BrN2O. The molecule has 1 fully saturated rings. The van der Waals surface area contributed by atoms with Crippen LogP contribution in [0.25, 0.3) is 0 Å². The zero-order chi connectivity index (χ0) is 12.8. The molecule has 1 saturated carbocycles. The van der Waals surface area contributed by atoms with Gasteiger partial charge in [0.05, 0.1) is 5.56 Å². The Labute approximate surface area is 117 Å². The molecule has 0 saturated heterocycles. The summed E-state index contributed by atoms with van der Waals surface area (Å²) in [6.45, 7) is 0.777. The Bertz CT molecular complexity index is 385. The normalized spacial score (nSPS) is 16.5. The van der Waals surface area contributed by atoms with E-state index in [2.05, 4.69) is 26.2 Å². The third-order valence-corrected chi connectivity index (χ3v) is 4.02. The molecule has 0 aromatic carbocycles. The average Bonchev–Trinajstić information content (AvgIpc) is 2.40. The Balaban J connectivity index is 1.72. The van der Waals surface area contributed by atoms with E-state index in [0.717, 1.165) is 23.5 Å². The average molecular weight is 311 g/mol. The van der Waals surface area contributed by atoms with Crippen molar-refractivity contribution in [1.29, 1.82) is 0 Å². The minimum atomic E-state index is -0.0224. The van der Waals surface area contributed by atoms with E-state index in [1.165, 1.54) is 32.1 Å². The van der Waals surface area contributed by atoms with Gasteiger partial charge in [-0.2, -0.15) is 0 Å². The fourth-order valence-corrected chi connectivity index (χ4v) is 2.71. The van der Waals surface area contributed by atoms with Crippen LogP contribution in [-0.2, 0) is 0 Å². The van der Waals surface area contributed by atoms with Gasteiger partial charge in [-0.15, -0.1) is 0 Å². The lowest BCUT2D eigenvalue weighted by Crippen LogP contribution is -2.26. The molecule has 0 aliphatic heterocycles. The number of hydrogen-bond donors (Lipinski definition) is 1. The van der Waals surface area contributed by atoms with Crippen LogP contribution in [0.5, 0.6) is 0 Å². The molecule has 4 heteroatoms. The van der Waals surface area contributed by atoms with E-state index in [0.29, 0.717) is 5.56 Å². The summed E-state index contributed by atoms with van der Waals surface area (Å²) < 4.78 is 0.751. The van der Waals surface area contributed by atoms with E-state index in [1.807, 2.05) is 0 Å². The molecule has 0 radical (unpaired) electrons. The summed E-state index contributed by atoms with van der Waals surface area (Å²) in [5, 5.41) is 2.97. The van der Waals surface area contributed by atoms with Gasteiger partial charge in [0.1, 0.15) is 4.60 Å². The van der Waals surface area contributed by atoms with Crippen LogP contribution in [-0.4, -0.2) is 17.4 Å². The minimum Gasteiger partial charge on any atom is -0.352 e. The fourth-order valence-electron chi connectivity index (χ4n) is 2.48. The molecule has 1 amide bonds. The van der Waals surface area contributed by atoms with Gasteiger partial charge in [-0.05, 0) is 40.4 Å². The highest BCUT2D eigenvalue weighted by atomic mass is 79.9. The van der Waals surface area contributed by atoms with Gasteiger partial charge < -0.3 is 5.32 Å². The lowest BCUT2D eigenvalue weighted by Gasteiger charge is -2.21. The molecule has 1 aliphatic rings. The standard InChI is InChI=1S/C14H19BrN2O/c15-13-7-6-12(10-17-13)14(18)16-9-8-11-4-2-1-3-5-11/h6-7,10-11H,1-5,8-9H2,(H,16,18). The largest absolute Gasteiger partial charge is 0.352 e. The predicted molar refractivity (Wildman–Crippen MR) is 75.5 cm³/mol. The fraction of sp³-hybridized carbons (Fsp3) is 0.571. The molecule has 1 aromatic rings. The summed E-state index contributed by atoms with van der Waals surface area (Å²) in [6, 6.07) is 3.57. The molecule has 98 valence electrons. The van der Waals surface area contributed by atoms with Crippen LogP contribution in [0.15, 0.2) is 22.9 Å². The van der Waals surface area contributed by atoms with E-state index in [1.54, 1.807) is 18.3 Å². The number of aromatic nitrogens is 1. The van der Waals surface area contributed by atoms with E-state index in [4.69, 9.17) is 0 Å². The Morgan fingerprint density at radius 2 is 2.11 bits per heavy atom. The molecule has 1 N–H and O–H groups in total. The third kappa shape index (κ3) is 4.09. The van der Waals surface area contributed by atoms with E-state index in [-0.39, 0.29) is 5.91 Å². The number of amides is 1. The van der Waals surface area contributed by atoms with Gasteiger partial charge in [0.15, 0.2) is 0 Å². The molecule has 2 rings (SSSR count). The number of halogens is 1. The molecule has 0 spiro atoms. The molecule has 3 nitrogen and oxygen atoms in total. The van der Waals surface area contributed by atoms with Crippen molar-refractivity contribution in [3.8, 4) is 0 Å². The van der Waals surface area contributed by atoms with Crippen molar-refractivity contribution in [2.24, 2.45) is 5.92 Å². The highest BCUT2D eigenvalue weighted by Gasteiger charge is 2.13. The van der Waals surface area contributed by atoms with Gasteiger partial charge in [-0.3, -0.25) is 4.79 Å². The lowest BCUT2D eigenvalue weighted by molar-refractivity contribution is 0.0950. The number of nitrogens with one attached hydrogen (secondary N) is 1. The Hall–Kier alpha value is -0.900. The van der Waals surface area contributed by atoms with Crippen LogP contribution >= 0.6 is 15.9 Å². The van der Waals surface area contributed by atoms with Crippen LogP contribution in [0.2, 0.25) is 0 Å². The van der Waals surface area contributed by atoms with Gasteiger partial charge in [-0.25, -0.2) is 4.98 Å². The van der Waals surface area contributed by atoms with E-state index in [9.17, 15) is 4.79 Å². The van der Waals surface area contributed by atoms with Crippen molar-refractivity contribution in [3.63, 3.8) is 0 Å². The first-order valence-corrected chi connectivity index (χ1v) is 7.45. The summed E-state index contributed by atoms with van der Waals surface area (Å²) in [5.74, 6) is 0.785. The second-order valence-electron chi connectivity index (χ2n) is 4.92. The van der Waals surface area contributed by atoms with E-state index < -0.39 is 0 Å². The van der Waals surface area contributed by atoms with Crippen molar-refractivity contribution in [2.45, 2.75) is 38.5 Å². The molecule has 1 heterocycles. The zero-order valence-corrected chi connectivity index (χ0v) is 12.1. The molecule has 1 aliphatic carbocycles. The molecule has 0 bridgehead atoms. The number of carbonyl (C=O) groups is 1. The summed E-state index contributed by atoms with van der Waals surface area (Å²) in [4.78, 5) is 15.9. The minimum absolute atomic E-state index is 0.0224. The SMILES string of the molecule is O=C(NCCC1CCCCC1)c1ccc(Br)nc1. The Morgan fingerprint density at radius 3 is 2.78 bits per heavy atom. The topological polar surface area (TPSA) is 42.0 Å². The van der Waals surface area contributed by atoms with Crippen molar-refractivity contribution >= 4 is 21.8 Å². The van der Waals surface area contributed by atoms with Crippen LogP contribution in [0.3, 0.4) is 0 Å². The van der Waals surface area contributed by atoms with Crippen molar-refractivity contribution < 1.29 is 4.79 Å². The zero-order valence-electron chi connectivity index (χ0n) is 10.5. The number of pyridine rings is 1. The van der Waals surface area contributed by atoms with Crippen molar-refractivity contribution in [3.05, 3.63) is 28.5 Å². The summed E-state index contributed by atoms with van der Waals surface area (Å²) in [5.41, 5.74) is 0.627. The number of rotatable bonds is 4. The van der Waals surface area contributed by atoms with Crippen LogP contribution in [0.4, 0.5) is 0 Å². The number of nitrogens with zero attached hydrogens (tertiary/aromatic N) is 1. The second-order valence-corrected chi connectivity index (χ2v) is 5.73. The van der Waals surface area contributed by atoms with Gasteiger partial charge in [-0.1, -0.05) is 32.1 Å². The molecular weight excluding hydrogens is 292 g/mol. The van der Waals surface area contributed by atoms with Crippen molar-refractivity contribution in [2.75, 3.05) is 6.54 Å². The monoisotopic (exact) mass is 310 g/mol. The maximum Gasteiger partial charge on any atom is 0.252 e. The molecule has 18 heavy (non-hydrogen) atoms. The van der Waals surface area contributed by atoms with Crippen LogP contribution in [0, 0.1) is 5.92 Å². The summed E-state index contributed by atoms with van der Waals surface area (Å²) in [6.07, 6.45) is 9.46. The first-order valence-electron chi connectivity index (χ1n) is 6.65. The maximum atomic E-state index is 11.8. The quantitative estimate of drug-likeness (QED) is 0.864. The van der Waals surface area contributed by atoms with Gasteiger partial charge in [0.25, 0.3) is 5.91 Å². The number of carbonyl (C=O) groups excluding carboxylic acids is 1. The summed E-state index contributed by atoms with van der Waals surface area (Å²) in [7, 11) is 0. The first kappa shape index (κ1) is 13.5. The number of hydrogen-bond acceptors (Lipinski definition) is 2. The van der Waals surface area contributed by atoms with Gasteiger partial charge >= 0.3 is 0 Å². The molecule has 0 atom stereocenters. The van der Waals surface area contributed by atoms with E-state index >= 15 is 0 Å². The Morgan fingerprint density at radius 1 is 1.33 bits per heavy atom. The molecule has 0 unspecified atom stereocenters. The van der Waals surface area contributed by atoms with Crippen LogP contribution in [0.1, 0.15) is 48.9 Å². The lowest BCUT2D eigenvalue weighted by atomic mass is 9.87. The summed E-state index contributed by atoms with van der Waals surface area (Å²) >= 11 is 3.26. The second kappa shape index (κ2) is 6.88. The van der Waals surface area contributed by atoms with Gasteiger partial charge in [0.2, 0.25) is 0 Å². The third-order valence-electron chi connectivity index (χ3n) is 3.55. The smallest absolute Gasteiger partial charge is 0.252 e. The highest BCUT2D eigenvalue weighted by molar-refractivity contribution is 9.10. The Kier molecular flexibility index (Phi) is 5.17. The first-order chi connectivity index (χ1) is 8.75. The van der Waals surface area contributed by atoms with Crippen LogP contribution < -0.4 is 5.32 Å². The van der Waals surface area contributed by atoms with Crippen molar-refractivity contribution in [1.82, 2.24) is 10.3 Å². The van der Waals surface area contributed by atoms with Gasteiger partial charge in [0, 0.05) is 12.7 Å². The highest BCUT2D eigenvalue weighted by Crippen LogP contribution is 2.25. The predicted octanol–water partition coefficient (Wildman–Crippen LogP) is 3.54. The molecule has 1 aromatic heterocycles.